The van der Waals surface area contributed by atoms with E-state index in [9.17, 15) is 8.42 Å². The topological polar surface area (TPSA) is 95.4 Å². The molecule has 3 rings (SSSR count). The number of nitrogens with one attached hydrogen (secondary N) is 1. The molecular weight excluding hydrogens is 400 g/mol. The van der Waals surface area contributed by atoms with Crippen molar-refractivity contribution in [3.05, 3.63) is 95.6 Å². The number of hydrogen-bond acceptors (Lipinski definition) is 6. The molecule has 0 radical (unpaired) electrons. The first kappa shape index (κ1) is 22.0. The lowest BCUT2D eigenvalue weighted by molar-refractivity contribution is 0.250. The molecule has 0 aliphatic carbocycles. The Bertz CT molecular complexity index is 956. The Hall–Kier alpha value is -2.65. The van der Waals surface area contributed by atoms with Gasteiger partial charge in [0.05, 0.1) is 11.4 Å². The van der Waals surface area contributed by atoms with Crippen molar-refractivity contribution >= 4 is 10.1 Å². The third-order valence-electron chi connectivity index (χ3n) is 4.53. The highest BCUT2D eigenvalue weighted by molar-refractivity contribution is 7.85. The van der Waals surface area contributed by atoms with Crippen LogP contribution in [-0.2, 0) is 35.5 Å². The van der Waals surface area contributed by atoms with Crippen molar-refractivity contribution in [1.29, 1.82) is 0 Å². The van der Waals surface area contributed by atoms with Crippen molar-refractivity contribution in [2.24, 2.45) is 0 Å². The molecule has 3 aromatic rings. The molecular formula is C22H26N4O3S. The summed E-state index contributed by atoms with van der Waals surface area (Å²) in [6.07, 6.45) is 3.61. The Kier molecular flexibility index (Phi) is 8.04. The predicted molar refractivity (Wildman–Crippen MR) is 116 cm³/mol. The van der Waals surface area contributed by atoms with Crippen LogP contribution >= 0.6 is 0 Å². The normalized spacial score (nSPS) is 11.7. The van der Waals surface area contributed by atoms with E-state index < -0.39 is 10.1 Å². The van der Waals surface area contributed by atoms with Gasteiger partial charge in [-0.25, -0.2) is 0 Å². The number of aromatic nitrogens is 2. The first-order valence-electron chi connectivity index (χ1n) is 9.74. The van der Waals surface area contributed by atoms with Gasteiger partial charge >= 0.3 is 0 Å². The van der Waals surface area contributed by atoms with Crippen LogP contribution in [0.1, 0.15) is 22.5 Å². The maximum absolute atomic E-state index is 11.0. The van der Waals surface area contributed by atoms with Crippen molar-refractivity contribution in [3.63, 3.8) is 0 Å². The molecule has 2 N–H and O–H groups in total. The van der Waals surface area contributed by atoms with Crippen molar-refractivity contribution in [1.82, 2.24) is 20.2 Å². The van der Waals surface area contributed by atoms with Crippen molar-refractivity contribution in [3.8, 4) is 0 Å². The van der Waals surface area contributed by atoms with E-state index in [1.165, 1.54) is 0 Å². The molecule has 8 heteroatoms. The Morgan fingerprint density at radius 3 is 1.90 bits per heavy atom. The second-order valence-corrected chi connectivity index (χ2v) is 8.52. The van der Waals surface area contributed by atoms with Crippen LogP contribution in [0, 0.1) is 0 Å². The molecule has 0 aliphatic rings. The van der Waals surface area contributed by atoms with Gasteiger partial charge in [-0.3, -0.25) is 19.4 Å². The number of hydrogen-bond donors (Lipinski definition) is 2. The molecule has 0 spiro atoms. The molecule has 0 saturated carbocycles. The molecule has 1 aromatic carbocycles. The lowest BCUT2D eigenvalue weighted by Gasteiger charge is -2.22. The van der Waals surface area contributed by atoms with E-state index >= 15 is 0 Å². The van der Waals surface area contributed by atoms with Gasteiger partial charge in [0.2, 0.25) is 0 Å². The van der Waals surface area contributed by atoms with Gasteiger partial charge in [-0.2, -0.15) is 8.42 Å². The summed E-state index contributed by atoms with van der Waals surface area (Å²) in [4.78, 5) is 11.2. The van der Waals surface area contributed by atoms with Crippen LogP contribution in [0.2, 0.25) is 0 Å². The van der Waals surface area contributed by atoms with Gasteiger partial charge in [-0.05, 0) is 35.4 Å². The van der Waals surface area contributed by atoms with Gasteiger partial charge in [-0.15, -0.1) is 0 Å². The van der Waals surface area contributed by atoms with E-state index in [4.69, 9.17) is 4.55 Å². The minimum atomic E-state index is -4.00. The van der Waals surface area contributed by atoms with Crippen molar-refractivity contribution in [2.45, 2.75) is 25.4 Å². The van der Waals surface area contributed by atoms with Gasteiger partial charge in [0.25, 0.3) is 10.1 Å². The molecule has 2 aromatic heterocycles. The van der Waals surface area contributed by atoms with Crippen LogP contribution in [0.5, 0.6) is 0 Å². The van der Waals surface area contributed by atoms with Gasteiger partial charge < -0.3 is 5.32 Å². The summed E-state index contributed by atoms with van der Waals surface area (Å²) >= 11 is 0. The number of rotatable bonds is 11. The molecule has 0 saturated heterocycles. The van der Waals surface area contributed by atoms with Crippen molar-refractivity contribution in [2.75, 3.05) is 13.1 Å². The first-order chi connectivity index (χ1) is 14.5. The monoisotopic (exact) mass is 426 g/mol. The van der Waals surface area contributed by atoms with Crippen LogP contribution in [0.25, 0.3) is 0 Å². The van der Waals surface area contributed by atoms with E-state index in [0.29, 0.717) is 12.1 Å². The van der Waals surface area contributed by atoms with E-state index in [-0.39, 0.29) is 5.75 Å². The van der Waals surface area contributed by atoms with Crippen LogP contribution in [-0.4, -0.2) is 40.9 Å². The average molecular weight is 427 g/mol. The zero-order valence-corrected chi connectivity index (χ0v) is 17.5. The van der Waals surface area contributed by atoms with Gasteiger partial charge in [0.1, 0.15) is 5.75 Å². The third kappa shape index (κ3) is 8.00. The van der Waals surface area contributed by atoms with Gasteiger partial charge in [-0.1, -0.05) is 36.4 Å². The maximum atomic E-state index is 11.0. The van der Waals surface area contributed by atoms with Crippen LogP contribution in [0.4, 0.5) is 0 Å². The SMILES string of the molecule is O=S(=O)(O)Cc1ccc(CNCCN(Cc2ccccn2)Cc2ccccn2)cc1. The Labute approximate surface area is 177 Å². The predicted octanol–water partition coefficient (Wildman–Crippen LogP) is 2.66. The van der Waals surface area contributed by atoms with Crippen LogP contribution < -0.4 is 5.32 Å². The summed E-state index contributed by atoms with van der Waals surface area (Å²) in [7, 11) is -4.00. The molecule has 30 heavy (non-hydrogen) atoms. The summed E-state index contributed by atoms with van der Waals surface area (Å²) in [5, 5.41) is 3.42. The van der Waals surface area contributed by atoms with Crippen molar-refractivity contribution < 1.29 is 13.0 Å². The molecule has 2 heterocycles. The maximum Gasteiger partial charge on any atom is 0.269 e. The summed E-state index contributed by atoms with van der Waals surface area (Å²) in [6, 6.07) is 19.0. The quantitative estimate of drug-likeness (QED) is 0.359. The smallest absolute Gasteiger partial charge is 0.269 e. The average Bonchev–Trinajstić information content (AvgIpc) is 2.73. The highest BCUT2D eigenvalue weighted by atomic mass is 32.2. The standard InChI is InChI=1S/C22H26N4O3S/c27-30(28,29)18-20-9-7-19(8-10-20)15-23-13-14-26(16-21-5-1-3-11-24-21)17-22-6-2-4-12-25-22/h1-12,23H,13-18H2,(H,27,28,29). The summed E-state index contributed by atoms with van der Waals surface area (Å²) in [5.41, 5.74) is 3.65. The number of nitrogens with zero attached hydrogens (tertiary/aromatic N) is 3. The molecule has 0 fully saturated rings. The van der Waals surface area contributed by atoms with E-state index in [2.05, 4.69) is 20.2 Å². The Morgan fingerprint density at radius 1 is 0.833 bits per heavy atom. The zero-order chi connectivity index (χ0) is 21.2. The fraction of sp³-hybridized carbons (Fsp3) is 0.273. The number of pyridine rings is 2. The Morgan fingerprint density at radius 2 is 1.40 bits per heavy atom. The number of benzene rings is 1. The van der Waals surface area contributed by atoms with Gasteiger partial charge in [0.15, 0.2) is 0 Å². The molecule has 0 amide bonds. The van der Waals surface area contributed by atoms with E-state index in [1.807, 2.05) is 48.5 Å². The zero-order valence-electron chi connectivity index (χ0n) is 16.7. The largest absolute Gasteiger partial charge is 0.311 e. The summed E-state index contributed by atoms with van der Waals surface area (Å²) in [5.74, 6) is -0.364. The fourth-order valence-electron chi connectivity index (χ4n) is 3.09. The molecule has 158 valence electrons. The van der Waals surface area contributed by atoms with Crippen LogP contribution in [0.15, 0.2) is 73.1 Å². The molecule has 0 aliphatic heterocycles. The summed E-state index contributed by atoms with van der Waals surface area (Å²) < 4.78 is 30.8. The second kappa shape index (κ2) is 10.9. The molecule has 0 bridgehead atoms. The molecule has 7 nitrogen and oxygen atoms in total. The summed E-state index contributed by atoms with van der Waals surface area (Å²) in [6.45, 7) is 3.76. The highest BCUT2D eigenvalue weighted by Gasteiger charge is 2.09. The molecule has 0 unspecified atom stereocenters. The van der Waals surface area contributed by atoms with E-state index in [0.717, 1.165) is 43.1 Å². The lowest BCUT2D eigenvalue weighted by Crippen LogP contribution is -2.31. The Balaban J connectivity index is 1.51. The van der Waals surface area contributed by atoms with E-state index in [1.54, 1.807) is 24.5 Å². The van der Waals surface area contributed by atoms with Crippen LogP contribution in [0.3, 0.4) is 0 Å². The molecule has 0 atom stereocenters. The highest BCUT2D eigenvalue weighted by Crippen LogP contribution is 2.09. The minimum Gasteiger partial charge on any atom is -0.311 e. The first-order valence-corrected chi connectivity index (χ1v) is 11.3. The second-order valence-electron chi connectivity index (χ2n) is 7.07. The minimum absolute atomic E-state index is 0.364. The fourth-order valence-corrected chi connectivity index (χ4v) is 3.70. The third-order valence-corrected chi connectivity index (χ3v) is 5.23. The van der Waals surface area contributed by atoms with Gasteiger partial charge in [0, 0.05) is 45.1 Å². The lowest BCUT2D eigenvalue weighted by atomic mass is 10.1.